The zero-order valence-corrected chi connectivity index (χ0v) is 15.5. The fraction of sp³-hybridized carbons (Fsp3) is 0.263. The van der Waals surface area contributed by atoms with Gasteiger partial charge in [-0.15, -0.1) is 10.2 Å². The van der Waals surface area contributed by atoms with Gasteiger partial charge >= 0.3 is 0 Å². The van der Waals surface area contributed by atoms with Crippen molar-refractivity contribution in [3.8, 4) is 5.82 Å². The maximum absolute atomic E-state index is 12.7. The van der Waals surface area contributed by atoms with E-state index in [2.05, 4.69) is 20.6 Å². The van der Waals surface area contributed by atoms with Crippen molar-refractivity contribution in [2.45, 2.75) is 12.8 Å². The van der Waals surface area contributed by atoms with Gasteiger partial charge in [0.15, 0.2) is 11.6 Å². The van der Waals surface area contributed by atoms with Crippen LogP contribution in [0, 0.1) is 16.0 Å². The standard InChI is InChI=1S/C19H19N7O3/c27-19(21-15-4-6-16(7-5-15)26(28)29)14-3-1-11-24(13-14)17-8-9-18(23-22-17)25-12-2-10-20-25/h2,4-10,12,14H,1,3,11,13H2,(H,21,27). The summed E-state index contributed by atoms with van der Waals surface area (Å²) >= 11 is 0. The quantitative estimate of drug-likeness (QED) is 0.522. The second-order valence-electron chi connectivity index (χ2n) is 6.78. The summed E-state index contributed by atoms with van der Waals surface area (Å²) in [6, 6.07) is 11.4. The van der Waals surface area contributed by atoms with Gasteiger partial charge in [-0.25, -0.2) is 4.68 Å². The minimum Gasteiger partial charge on any atom is -0.354 e. The summed E-state index contributed by atoms with van der Waals surface area (Å²) in [7, 11) is 0. The van der Waals surface area contributed by atoms with Gasteiger partial charge in [-0.2, -0.15) is 5.10 Å². The predicted octanol–water partition coefficient (Wildman–Crippen LogP) is 2.43. The molecule has 0 spiro atoms. The molecular formula is C19H19N7O3. The summed E-state index contributed by atoms with van der Waals surface area (Å²) < 4.78 is 1.63. The summed E-state index contributed by atoms with van der Waals surface area (Å²) in [5.74, 6) is 1.04. The highest BCUT2D eigenvalue weighted by Crippen LogP contribution is 2.23. The molecule has 148 valence electrons. The van der Waals surface area contributed by atoms with E-state index in [1.165, 1.54) is 24.3 Å². The van der Waals surface area contributed by atoms with E-state index >= 15 is 0 Å². The van der Waals surface area contributed by atoms with Crippen molar-refractivity contribution < 1.29 is 9.72 Å². The first-order valence-corrected chi connectivity index (χ1v) is 9.24. The lowest BCUT2D eigenvalue weighted by Crippen LogP contribution is -2.41. The maximum atomic E-state index is 12.7. The second kappa shape index (κ2) is 8.05. The van der Waals surface area contributed by atoms with Crippen molar-refractivity contribution in [1.82, 2.24) is 20.0 Å². The first-order chi connectivity index (χ1) is 14.1. The highest BCUT2D eigenvalue weighted by Gasteiger charge is 2.27. The van der Waals surface area contributed by atoms with Crippen molar-refractivity contribution >= 4 is 23.1 Å². The normalized spacial score (nSPS) is 16.4. The molecule has 4 rings (SSSR count). The number of benzene rings is 1. The zero-order valence-electron chi connectivity index (χ0n) is 15.5. The third kappa shape index (κ3) is 4.21. The van der Waals surface area contributed by atoms with E-state index in [9.17, 15) is 14.9 Å². The van der Waals surface area contributed by atoms with Crippen molar-refractivity contribution in [3.05, 3.63) is 65.0 Å². The minimum atomic E-state index is -0.469. The smallest absolute Gasteiger partial charge is 0.269 e. The molecule has 1 aromatic carbocycles. The van der Waals surface area contributed by atoms with Crippen molar-refractivity contribution in [2.24, 2.45) is 5.92 Å². The molecule has 3 heterocycles. The molecular weight excluding hydrogens is 374 g/mol. The number of nitro benzene ring substituents is 1. The highest BCUT2D eigenvalue weighted by molar-refractivity contribution is 5.93. The first kappa shape index (κ1) is 18.5. The Morgan fingerprint density at radius 3 is 2.55 bits per heavy atom. The molecule has 0 saturated carbocycles. The minimum absolute atomic E-state index is 0.0102. The van der Waals surface area contributed by atoms with Crippen LogP contribution in [0.15, 0.2) is 54.9 Å². The largest absolute Gasteiger partial charge is 0.354 e. The van der Waals surface area contributed by atoms with Crippen LogP contribution in [-0.2, 0) is 4.79 Å². The average molecular weight is 393 g/mol. The SMILES string of the molecule is O=C(Nc1ccc([N+](=O)[O-])cc1)C1CCCN(c2ccc(-n3cccn3)nn2)C1. The Morgan fingerprint density at radius 2 is 1.90 bits per heavy atom. The van der Waals surface area contributed by atoms with E-state index in [-0.39, 0.29) is 17.5 Å². The number of amides is 1. The van der Waals surface area contributed by atoms with Crippen LogP contribution in [0.5, 0.6) is 0 Å². The number of hydrogen-bond acceptors (Lipinski definition) is 7. The summed E-state index contributed by atoms with van der Waals surface area (Å²) in [5, 5.41) is 26.2. The van der Waals surface area contributed by atoms with Crippen LogP contribution in [0.4, 0.5) is 17.2 Å². The Morgan fingerprint density at radius 1 is 1.14 bits per heavy atom. The lowest BCUT2D eigenvalue weighted by atomic mass is 9.97. The van der Waals surface area contributed by atoms with Gasteiger partial charge in [-0.3, -0.25) is 14.9 Å². The van der Waals surface area contributed by atoms with Gasteiger partial charge < -0.3 is 10.2 Å². The van der Waals surface area contributed by atoms with Gasteiger partial charge in [-0.1, -0.05) is 0 Å². The summed E-state index contributed by atoms with van der Waals surface area (Å²) in [6.45, 7) is 1.34. The van der Waals surface area contributed by atoms with Gasteiger partial charge in [-0.05, 0) is 43.2 Å². The molecule has 1 amide bonds. The summed E-state index contributed by atoms with van der Waals surface area (Å²) in [4.78, 5) is 25.0. The van der Waals surface area contributed by atoms with Crippen LogP contribution in [0.25, 0.3) is 5.82 Å². The molecule has 1 atom stereocenters. The molecule has 1 N–H and O–H groups in total. The third-order valence-electron chi connectivity index (χ3n) is 4.84. The number of nitro groups is 1. The van der Waals surface area contributed by atoms with Gasteiger partial charge in [0.1, 0.15) is 0 Å². The Labute approximate surface area is 166 Å². The number of carbonyl (C=O) groups is 1. The Bertz CT molecular complexity index is 988. The molecule has 1 fully saturated rings. The molecule has 10 nitrogen and oxygen atoms in total. The van der Waals surface area contributed by atoms with E-state index in [0.717, 1.165) is 19.4 Å². The van der Waals surface area contributed by atoms with Gasteiger partial charge in [0.05, 0.1) is 10.8 Å². The average Bonchev–Trinajstić information content (AvgIpc) is 3.29. The zero-order chi connectivity index (χ0) is 20.2. The second-order valence-corrected chi connectivity index (χ2v) is 6.78. The van der Waals surface area contributed by atoms with Gasteiger partial charge in [0, 0.05) is 43.3 Å². The molecule has 0 radical (unpaired) electrons. The molecule has 0 bridgehead atoms. The van der Waals surface area contributed by atoms with Crippen LogP contribution in [0.3, 0.4) is 0 Å². The van der Waals surface area contributed by atoms with Crippen molar-refractivity contribution in [1.29, 1.82) is 0 Å². The number of hydrogen-bond donors (Lipinski definition) is 1. The summed E-state index contributed by atoms with van der Waals surface area (Å²) in [5.41, 5.74) is 0.532. The van der Waals surface area contributed by atoms with Crippen molar-refractivity contribution in [3.63, 3.8) is 0 Å². The first-order valence-electron chi connectivity index (χ1n) is 9.24. The number of aromatic nitrogens is 4. The topological polar surface area (TPSA) is 119 Å². The maximum Gasteiger partial charge on any atom is 0.269 e. The highest BCUT2D eigenvalue weighted by atomic mass is 16.6. The third-order valence-corrected chi connectivity index (χ3v) is 4.84. The van der Waals surface area contributed by atoms with E-state index in [4.69, 9.17) is 0 Å². The molecule has 1 saturated heterocycles. The lowest BCUT2D eigenvalue weighted by Gasteiger charge is -2.32. The number of piperidine rings is 1. The van der Waals surface area contributed by atoms with Gasteiger partial charge in [0.2, 0.25) is 5.91 Å². The molecule has 2 aromatic heterocycles. The van der Waals surface area contributed by atoms with Crippen LogP contribution < -0.4 is 10.2 Å². The van der Waals surface area contributed by atoms with Crippen LogP contribution in [0.2, 0.25) is 0 Å². The van der Waals surface area contributed by atoms with Crippen LogP contribution in [-0.4, -0.2) is 43.9 Å². The molecule has 0 aliphatic carbocycles. The van der Waals surface area contributed by atoms with Crippen LogP contribution in [0.1, 0.15) is 12.8 Å². The number of carbonyl (C=O) groups excluding carboxylic acids is 1. The number of anilines is 2. The van der Waals surface area contributed by atoms with E-state index in [0.29, 0.717) is 23.9 Å². The Balaban J connectivity index is 1.39. The van der Waals surface area contributed by atoms with E-state index < -0.39 is 4.92 Å². The molecule has 1 aliphatic heterocycles. The molecule has 3 aromatic rings. The Hall–Kier alpha value is -3.82. The summed E-state index contributed by atoms with van der Waals surface area (Å²) in [6.07, 6.45) is 5.10. The van der Waals surface area contributed by atoms with Crippen molar-refractivity contribution in [2.75, 3.05) is 23.3 Å². The van der Waals surface area contributed by atoms with E-state index in [1.807, 2.05) is 23.1 Å². The predicted molar refractivity (Wildman–Crippen MR) is 106 cm³/mol. The Kier molecular flexibility index (Phi) is 5.14. The molecule has 29 heavy (non-hydrogen) atoms. The molecule has 1 aliphatic rings. The van der Waals surface area contributed by atoms with E-state index in [1.54, 1.807) is 17.1 Å². The number of non-ortho nitro benzene ring substituents is 1. The molecule has 1 unspecified atom stereocenters. The molecule has 10 heteroatoms. The fourth-order valence-corrected chi connectivity index (χ4v) is 3.32. The van der Waals surface area contributed by atoms with Gasteiger partial charge in [0.25, 0.3) is 5.69 Å². The fourth-order valence-electron chi connectivity index (χ4n) is 3.32. The van der Waals surface area contributed by atoms with Crippen LogP contribution >= 0.6 is 0 Å². The number of rotatable bonds is 5. The number of nitrogens with zero attached hydrogens (tertiary/aromatic N) is 6. The number of nitrogens with one attached hydrogen (secondary N) is 1. The lowest BCUT2D eigenvalue weighted by molar-refractivity contribution is -0.384. The monoisotopic (exact) mass is 393 g/mol.